The van der Waals surface area contributed by atoms with Gasteiger partial charge in [-0.3, -0.25) is 0 Å². The minimum atomic E-state index is -1.10. The van der Waals surface area contributed by atoms with Gasteiger partial charge in [-0.1, -0.05) is 52.3 Å². The molecule has 0 aliphatic carbocycles. The topological polar surface area (TPSA) is 49.7 Å². The minimum absolute atomic E-state index is 0.706. The molecule has 0 saturated heterocycles. The van der Waals surface area contributed by atoms with Crippen molar-refractivity contribution < 1.29 is 14.8 Å². The van der Waals surface area contributed by atoms with Crippen molar-refractivity contribution in [2.24, 2.45) is 0 Å². The Balaban J connectivity index is 2.43. The van der Waals surface area contributed by atoms with Crippen LogP contribution in [0.2, 0.25) is 0 Å². The zero-order valence-electron chi connectivity index (χ0n) is 13.4. The first-order valence-electron chi connectivity index (χ1n) is 7.32. The molecule has 5 heteroatoms. The lowest BCUT2D eigenvalue weighted by Crippen LogP contribution is -2.53. The van der Waals surface area contributed by atoms with Crippen molar-refractivity contribution >= 4 is 39.3 Å². The van der Waals surface area contributed by atoms with Crippen LogP contribution in [0.4, 0.5) is 0 Å². The van der Waals surface area contributed by atoms with E-state index in [-0.39, 0.29) is 0 Å². The van der Waals surface area contributed by atoms with Crippen LogP contribution in [0.3, 0.4) is 0 Å². The van der Waals surface area contributed by atoms with E-state index in [4.69, 9.17) is 4.65 Å². The molecular formula is C17H22BBrO3. The van der Waals surface area contributed by atoms with Crippen LogP contribution < -0.4 is 5.46 Å². The molecule has 0 saturated carbocycles. The molecule has 0 bridgehead atoms. The van der Waals surface area contributed by atoms with Crippen molar-refractivity contribution in [2.75, 3.05) is 0 Å². The number of aliphatic hydroxyl groups is 1. The van der Waals surface area contributed by atoms with E-state index in [1.54, 1.807) is 27.7 Å². The van der Waals surface area contributed by atoms with Crippen molar-refractivity contribution in [3.05, 3.63) is 42.0 Å². The van der Waals surface area contributed by atoms with Crippen molar-refractivity contribution in [3.63, 3.8) is 0 Å². The molecule has 0 aromatic heterocycles. The third-order valence-corrected chi connectivity index (χ3v) is 4.94. The summed E-state index contributed by atoms with van der Waals surface area (Å²) in [5.74, 6) is 0. The molecule has 0 spiro atoms. The van der Waals surface area contributed by atoms with E-state index in [9.17, 15) is 10.1 Å². The molecule has 0 fully saturated rings. The van der Waals surface area contributed by atoms with Gasteiger partial charge in [-0.15, -0.1) is 0 Å². The van der Waals surface area contributed by atoms with Gasteiger partial charge in [-0.2, -0.15) is 0 Å². The van der Waals surface area contributed by atoms with Crippen LogP contribution >= 0.6 is 15.9 Å². The monoisotopic (exact) mass is 364 g/mol. The molecule has 2 aromatic rings. The summed E-state index contributed by atoms with van der Waals surface area (Å²) in [7, 11) is -1.10. The Kier molecular flexibility index (Phi) is 5.02. The summed E-state index contributed by atoms with van der Waals surface area (Å²) in [5, 5.41) is 23.5. The Morgan fingerprint density at radius 2 is 1.64 bits per heavy atom. The molecule has 2 aromatic carbocycles. The summed E-state index contributed by atoms with van der Waals surface area (Å²) in [6.45, 7) is 6.88. The second kappa shape index (κ2) is 6.32. The molecule has 0 unspecified atom stereocenters. The molecule has 118 valence electrons. The van der Waals surface area contributed by atoms with Gasteiger partial charge in [0.15, 0.2) is 0 Å². The zero-order valence-corrected chi connectivity index (χ0v) is 15.0. The van der Waals surface area contributed by atoms with Gasteiger partial charge < -0.3 is 14.8 Å². The molecule has 3 nitrogen and oxygen atoms in total. The normalized spacial score (nSPS) is 12.7. The summed E-state index contributed by atoms with van der Waals surface area (Å²) in [5.41, 5.74) is -0.0905. The van der Waals surface area contributed by atoms with E-state index in [0.29, 0.717) is 5.46 Å². The third-order valence-electron chi connectivity index (χ3n) is 4.34. The summed E-state index contributed by atoms with van der Waals surface area (Å²) < 4.78 is 5.76. The molecule has 0 aliphatic heterocycles. The van der Waals surface area contributed by atoms with E-state index >= 15 is 0 Å². The van der Waals surface area contributed by atoms with Gasteiger partial charge in [0.2, 0.25) is 0 Å². The lowest BCUT2D eigenvalue weighted by atomic mass is 9.74. The summed E-state index contributed by atoms with van der Waals surface area (Å²) in [6, 6.07) is 11.8. The largest absolute Gasteiger partial charge is 0.492 e. The van der Waals surface area contributed by atoms with E-state index in [1.165, 1.54) is 0 Å². The van der Waals surface area contributed by atoms with Crippen LogP contribution in [0.5, 0.6) is 0 Å². The number of rotatable bonds is 5. The van der Waals surface area contributed by atoms with E-state index in [1.807, 2.05) is 36.4 Å². The first kappa shape index (κ1) is 17.5. The lowest BCUT2D eigenvalue weighted by molar-refractivity contribution is -0.0982. The molecule has 0 amide bonds. The predicted molar refractivity (Wildman–Crippen MR) is 95.6 cm³/mol. The minimum Gasteiger partial charge on any atom is -0.423 e. The highest BCUT2D eigenvalue weighted by atomic mass is 79.9. The van der Waals surface area contributed by atoms with Crippen LogP contribution in [-0.4, -0.2) is 28.5 Å². The van der Waals surface area contributed by atoms with E-state index in [2.05, 4.69) is 15.9 Å². The van der Waals surface area contributed by atoms with Gasteiger partial charge in [0.25, 0.3) is 0 Å². The lowest BCUT2D eigenvalue weighted by Gasteiger charge is -2.38. The first-order valence-corrected chi connectivity index (χ1v) is 8.44. The average Bonchev–Trinajstić information content (AvgIpc) is 2.44. The highest BCUT2D eigenvalue weighted by Gasteiger charge is 2.39. The quantitative estimate of drug-likeness (QED) is 0.633. The van der Waals surface area contributed by atoms with Gasteiger partial charge in [-0.05, 0) is 49.5 Å². The number of hydrogen-bond acceptors (Lipinski definition) is 3. The zero-order chi connectivity index (χ0) is 16.5. The fourth-order valence-electron chi connectivity index (χ4n) is 2.20. The molecule has 2 rings (SSSR count). The second-order valence-electron chi connectivity index (χ2n) is 6.53. The van der Waals surface area contributed by atoms with Crippen LogP contribution in [0.25, 0.3) is 10.8 Å². The van der Waals surface area contributed by atoms with Crippen LogP contribution in [-0.2, 0) is 9.98 Å². The molecule has 0 atom stereocenters. The molecule has 2 N–H and O–H groups in total. The van der Waals surface area contributed by atoms with Crippen LogP contribution in [0.15, 0.2) is 36.4 Å². The maximum atomic E-state index is 10.5. The van der Waals surface area contributed by atoms with E-state index < -0.39 is 18.3 Å². The summed E-state index contributed by atoms with van der Waals surface area (Å²) in [6.07, 6.45) is 0. The number of halogens is 1. The standard InChI is InChI=1S/C17H22BBrO3/c1-16(2,20)17(3,4)22-18(21)15-10-9-12(11-19)13-7-5-6-8-14(13)15/h5-10,20-21H,11H2,1-4H3. The summed E-state index contributed by atoms with van der Waals surface area (Å²) >= 11 is 3.49. The Bertz CT molecular complexity index is 664. The molecular weight excluding hydrogens is 343 g/mol. The molecule has 0 heterocycles. The maximum Gasteiger partial charge on any atom is 0.492 e. The second-order valence-corrected chi connectivity index (χ2v) is 7.09. The van der Waals surface area contributed by atoms with Crippen molar-refractivity contribution in [1.82, 2.24) is 0 Å². The van der Waals surface area contributed by atoms with Crippen molar-refractivity contribution in [3.8, 4) is 0 Å². The van der Waals surface area contributed by atoms with Crippen LogP contribution in [0, 0.1) is 0 Å². The van der Waals surface area contributed by atoms with Crippen molar-refractivity contribution in [2.45, 2.75) is 44.2 Å². The highest BCUT2D eigenvalue weighted by molar-refractivity contribution is 9.08. The highest BCUT2D eigenvalue weighted by Crippen LogP contribution is 2.26. The molecule has 22 heavy (non-hydrogen) atoms. The Hall–Kier alpha value is -0.875. The van der Waals surface area contributed by atoms with E-state index in [0.717, 1.165) is 21.7 Å². The Morgan fingerprint density at radius 3 is 2.18 bits per heavy atom. The van der Waals surface area contributed by atoms with Gasteiger partial charge in [0.05, 0.1) is 11.2 Å². The molecule has 0 aliphatic rings. The number of benzene rings is 2. The Labute approximate surface area is 140 Å². The predicted octanol–water partition coefficient (Wildman–Crippen LogP) is 2.99. The average molecular weight is 365 g/mol. The number of hydrogen-bond donors (Lipinski definition) is 2. The first-order chi connectivity index (χ1) is 10.2. The molecule has 0 radical (unpaired) electrons. The Morgan fingerprint density at radius 1 is 1.05 bits per heavy atom. The van der Waals surface area contributed by atoms with Gasteiger partial charge >= 0.3 is 7.12 Å². The maximum absolute atomic E-state index is 10.5. The fraction of sp³-hybridized carbons (Fsp3) is 0.412. The van der Waals surface area contributed by atoms with Gasteiger partial charge in [0.1, 0.15) is 0 Å². The summed E-state index contributed by atoms with van der Waals surface area (Å²) in [4.78, 5) is 0. The van der Waals surface area contributed by atoms with Gasteiger partial charge in [0, 0.05) is 5.33 Å². The SMILES string of the molecule is CC(C)(O)C(C)(C)OB(O)c1ccc(CBr)c2ccccc12. The number of alkyl halides is 1. The number of fused-ring (bicyclic) bond motifs is 1. The third kappa shape index (κ3) is 3.38. The van der Waals surface area contributed by atoms with Crippen LogP contribution in [0.1, 0.15) is 33.3 Å². The smallest absolute Gasteiger partial charge is 0.423 e. The van der Waals surface area contributed by atoms with Gasteiger partial charge in [-0.25, -0.2) is 0 Å². The fourth-order valence-corrected chi connectivity index (χ4v) is 2.69. The van der Waals surface area contributed by atoms with Crippen molar-refractivity contribution in [1.29, 1.82) is 0 Å².